The zero-order valence-corrected chi connectivity index (χ0v) is 12.7. The van der Waals surface area contributed by atoms with Gasteiger partial charge in [0.25, 0.3) is 0 Å². The number of ether oxygens (including phenoxy) is 1. The van der Waals surface area contributed by atoms with Crippen molar-refractivity contribution in [2.24, 2.45) is 0 Å². The third-order valence-corrected chi connectivity index (χ3v) is 4.46. The molecule has 4 heteroatoms. The van der Waals surface area contributed by atoms with Gasteiger partial charge in [-0.3, -0.25) is 0 Å². The molecule has 21 heavy (non-hydrogen) atoms. The molecule has 0 spiro atoms. The Morgan fingerprint density at radius 1 is 1.14 bits per heavy atom. The van der Waals surface area contributed by atoms with Crippen molar-refractivity contribution in [1.29, 1.82) is 0 Å². The van der Waals surface area contributed by atoms with Crippen LogP contribution < -0.4 is 5.32 Å². The first-order valence-corrected chi connectivity index (χ1v) is 7.73. The minimum Gasteiger partial charge on any atom is -0.468 e. The number of nitrogens with one attached hydrogen (secondary N) is 1. The van der Waals surface area contributed by atoms with Crippen LogP contribution in [0.25, 0.3) is 0 Å². The topological polar surface area (TPSA) is 34.4 Å². The molecule has 1 N–H and O–H groups in total. The summed E-state index contributed by atoms with van der Waals surface area (Å²) in [6, 6.07) is 12.1. The van der Waals surface area contributed by atoms with Crippen molar-refractivity contribution in [2.45, 2.75) is 24.8 Å². The highest BCUT2D eigenvalue weighted by Gasteiger charge is 2.34. The molecule has 0 atom stereocenters. The lowest BCUT2D eigenvalue weighted by molar-refractivity contribution is 0.0496. The molecular weight excluding hydrogens is 286 g/mol. The summed E-state index contributed by atoms with van der Waals surface area (Å²) in [5.74, 6) is 0.961. The maximum absolute atomic E-state index is 6.17. The van der Waals surface area contributed by atoms with Crippen LogP contribution in [0.3, 0.4) is 0 Å². The van der Waals surface area contributed by atoms with E-state index in [-0.39, 0.29) is 5.41 Å². The summed E-state index contributed by atoms with van der Waals surface area (Å²) in [6.45, 7) is 3.25. The van der Waals surface area contributed by atoms with Crippen molar-refractivity contribution in [1.82, 2.24) is 5.32 Å². The summed E-state index contributed by atoms with van der Waals surface area (Å²) < 4.78 is 10.9. The van der Waals surface area contributed by atoms with Gasteiger partial charge < -0.3 is 14.5 Å². The monoisotopic (exact) mass is 305 g/mol. The Morgan fingerprint density at radius 3 is 2.71 bits per heavy atom. The second kappa shape index (κ2) is 6.65. The fraction of sp³-hybridized carbons (Fsp3) is 0.412. The van der Waals surface area contributed by atoms with E-state index in [1.807, 2.05) is 24.3 Å². The van der Waals surface area contributed by atoms with Gasteiger partial charge in [0, 0.05) is 30.2 Å². The zero-order valence-electron chi connectivity index (χ0n) is 12.0. The summed E-state index contributed by atoms with van der Waals surface area (Å²) in [5.41, 5.74) is 1.39. The molecule has 2 aromatic rings. The molecule has 1 aromatic heterocycles. The van der Waals surface area contributed by atoms with Gasteiger partial charge in [-0.2, -0.15) is 0 Å². The average molecular weight is 306 g/mol. The van der Waals surface area contributed by atoms with Crippen LogP contribution >= 0.6 is 11.6 Å². The molecule has 1 aliphatic heterocycles. The fourth-order valence-corrected chi connectivity index (χ4v) is 3.18. The molecular formula is C17H20ClNO2. The van der Waals surface area contributed by atoms with Crippen LogP contribution in [0.15, 0.2) is 47.1 Å². The normalized spacial score (nSPS) is 17.8. The summed E-state index contributed by atoms with van der Waals surface area (Å²) >= 11 is 6.17. The largest absolute Gasteiger partial charge is 0.468 e. The maximum Gasteiger partial charge on any atom is 0.117 e. The SMILES string of the molecule is Clc1cccc(C2(CNCc3ccco3)CCOCC2)c1. The lowest BCUT2D eigenvalue weighted by Gasteiger charge is -2.38. The Kier molecular flexibility index (Phi) is 4.63. The standard InChI is InChI=1S/C17H20ClNO2/c18-15-4-1-3-14(11-15)17(6-9-20-10-7-17)13-19-12-16-5-2-8-21-16/h1-5,8,11,19H,6-7,9-10,12-13H2. The van der Waals surface area contributed by atoms with E-state index in [4.69, 9.17) is 20.8 Å². The predicted molar refractivity (Wildman–Crippen MR) is 83.6 cm³/mol. The Balaban J connectivity index is 1.73. The highest BCUT2D eigenvalue weighted by atomic mass is 35.5. The molecule has 1 aliphatic rings. The third-order valence-electron chi connectivity index (χ3n) is 4.23. The molecule has 1 aromatic carbocycles. The van der Waals surface area contributed by atoms with Crippen LogP contribution in [-0.4, -0.2) is 19.8 Å². The molecule has 0 amide bonds. The van der Waals surface area contributed by atoms with E-state index in [2.05, 4.69) is 17.4 Å². The predicted octanol–water partition coefficient (Wildman–Crippen LogP) is 3.77. The van der Waals surface area contributed by atoms with Crippen molar-refractivity contribution in [3.05, 3.63) is 59.0 Å². The third kappa shape index (κ3) is 3.49. The van der Waals surface area contributed by atoms with Gasteiger partial charge in [-0.15, -0.1) is 0 Å². The minimum absolute atomic E-state index is 0.0930. The van der Waals surface area contributed by atoms with E-state index in [0.717, 1.165) is 49.9 Å². The van der Waals surface area contributed by atoms with Gasteiger partial charge >= 0.3 is 0 Å². The average Bonchev–Trinajstić information content (AvgIpc) is 3.02. The van der Waals surface area contributed by atoms with Crippen molar-refractivity contribution in [2.75, 3.05) is 19.8 Å². The van der Waals surface area contributed by atoms with Gasteiger partial charge in [-0.05, 0) is 42.7 Å². The Morgan fingerprint density at radius 2 is 2.00 bits per heavy atom. The van der Waals surface area contributed by atoms with Gasteiger partial charge in [-0.1, -0.05) is 23.7 Å². The molecule has 0 bridgehead atoms. The molecule has 0 radical (unpaired) electrons. The summed E-state index contributed by atoms with van der Waals surface area (Å²) in [4.78, 5) is 0. The Labute approximate surface area is 130 Å². The maximum atomic E-state index is 6.17. The molecule has 0 saturated carbocycles. The summed E-state index contributed by atoms with van der Waals surface area (Å²) in [7, 11) is 0. The number of halogens is 1. The van der Waals surface area contributed by atoms with Crippen molar-refractivity contribution >= 4 is 11.6 Å². The Hall–Kier alpha value is -1.29. The second-order valence-electron chi connectivity index (χ2n) is 5.59. The van der Waals surface area contributed by atoms with Gasteiger partial charge in [-0.25, -0.2) is 0 Å². The molecule has 0 aliphatic carbocycles. The van der Waals surface area contributed by atoms with E-state index in [1.54, 1.807) is 6.26 Å². The molecule has 1 saturated heterocycles. The van der Waals surface area contributed by atoms with Gasteiger partial charge in [0.05, 0.1) is 12.8 Å². The van der Waals surface area contributed by atoms with Crippen LogP contribution in [0.5, 0.6) is 0 Å². The fourth-order valence-electron chi connectivity index (χ4n) is 2.99. The Bertz CT molecular complexity index is 562. The lowest BCUT2D eigenvalue weighted by atomic mass is 9.74. The smallest absolute Gasteiger partial charge is 0.117 e. The van der Waals surface area contributed by atoms with Crippen LogP contribution in [0.1, 0.15) is 24.2 Å². The molecule has 112 valence electrons. The number of furan rings is 1. The van der Waals surface area contributed by atoms with Crippen molar-refractivity contribution in [3.8, 4) is 0 Å². The number of rotatable bonds is 5. The first-order chi connectivity index (χ1) is 10.3. The van der Waals surface area contributed by atoms with E-state index < -0.39 is 0 Å². The molecule has 0 unspecified atom stereocenters. The van der Waals surface area contributed by atoms with Gasteiger partial charge in [0.2, 0.25) is 0 Å². The molecule has 2 heterocycles. The quantitative estimate of drug-likeness (QED) is 0.913. The number of hydrogen-bond donors (Lipinski definition) is 1. The van der Waals surface area contributed by atoms with Gasteiger partial charge in [0.1, 0.15) is 5.76 Å². The van der Waals surface area contributed by atoms with Crippen LogP contribution in [0.2, 0.25) is 5.02 Å². The van der Waals surface area contributed by atoms with E-state index in [9.17, 15) is 0 Å². The van der Waals surface area contributed by atoms with Gasteiger partial charge in [0.15, 0.2) is 0 Å². The first kappa shape index (κ1) is 14.6. The van der Waals surface area contributed by atoms with E-state index in [0.29, 0.717) is 0 Å². The summed E-state index contributed by atoms with van der Waals surface area (Å²) in [5, 5.41) is 4.32. The second-order valence-corrected chi connectivity index (χ2v) is 6.02. The van der Waals surface area contributed by atoms with Crippen LogP contribution in [0.4, 0.5) is 0 Å². The highest BCUT2D eigenvalue weighted by Crippen LogP contribution is 2.35. The van der Waals surface area contributed by atoms with Crippen molar-refractivity contribution < 1.29 is 9.15 Å². The molecule has 3 rings (SSSR count). The molecule has 3 nitrogen and oxygen atoms in total. The summed E-state index contributed by atoms with van der Waals surface area (Å²) in [6.07, 6.45) is 3.73. The number of benzene rings is 1. The first-order valence-electron chi connectivity index (χ1n) is 7.35. The molecule has 1 fully saturated rings. The van der Waals surface area contributed by atoms with E-state index >= 15 is 0 Å². The van der Waals surface area contributed by atoms with E-state index in [1.165, 1.54) is 5.56 Å². The lowest BCUT2D eigenvalue weighted by Crippen LogP contribution is -2.42. The highest BCUT2D eigenvalue weighted by molar-refractivity contribution is 6.30. The van der Waals surface area contributed by atoms with Crippen LogP contribution in [-0.2, 0) is 16.7 Å². The zero-order chi connectivity index (χ0) is 14.5. The number of hydrogen-bond acceptors (Lipinski definition) is 3. The minimum atomic E-state index is 0.0930. The van der Waals surface area contributed by atoms with Crippen LogP contribution in [0, 0.1) is 0 Å². The van der Waals surface area contributed by atoms with Crippen molar-refractivity contribution in [3.63, 3.8) is 0 Å².